The predicted octanol–water partition coefficient (Wildman–Crippen LogP) is 4.76. The van der Waals surface area contributed by atoms with Crippen molar-refractivity contribution in [3.8, 4) is 17.2 Å². The summed E-state index contributed by atoms with van der Waals surface area (Å²) in [7, 11) is 1.51. The van der Waals surface area contributed by atoms with Crippen LogP contribution in [0.3, 0.4) is 0 Å². The van der Waals surface area contributed by atoms with Crippen LogP contribution in [-0.2, 0) is 6.54 Å². The van der Waals surface area contributed by atoms with Gasteiger partial charge >= 0.3 is 0 Å². The third-order valence-corrected chi connectivity index (χ3v) is 4.97. The molecule has 0 saturated heterocycles. The molecule has 1 aromatic heterocycles. The highest BCUT2D eigenvalue weighted by atomic mass is 35.5. The molecule has 3 rings (SSSR count). The molecular formula is C22H22ClF2N3O3. The number of carbonyl (C=O) groups excluding carboxylic acids is 1. The number of rotatable bonds is 7. The van der Waals surface area contributed by atoms with Crippen molar-refractivity contribution in [2.45, 2.75) is 27.3 Å². The van der Waals surface area contributed by atoms with Crippen LogP contribution in [0.25, 0.3) is 5.69 Å². The standard InChI is InChI=1S/C22H22ClF2N3O3/c1-5-31-21-16(23)8-14(9-19(21)30-4)11-26-22(29)20-12(2)27-28(13(20)3)18-7-6-15(24)10-17(18)25/h6-10H,5,11H2,1-4H3,(H,26,29). The number of benzene rings is 2. The average Bonchev–Trinajstić information content (AvgIpc) is 3.01. The molecule has 164 valence electrons. The van der Waals surface area contributed by atoms with Crippen LogP contribution < -0.4 is 14.8 Å². The number of amides is 1. The van der Waals surface area contributed by atoms with E-state index >= 15 is 0 Å². The van der Waals surface area contributed by atoms with Gasteiger partial charge < -0.3 is 14.8 Å². The van der Waals surface area contributed by atoms with Crippen molar-refractivity contribution in [1.82, 2.24) is 15.1 Å². The summed E-state index contributed by atoms with van der Waals surface area (Å²) < 4.78 is 39.5. The highest BCUT2D eigenvalue weighted by Gasteiger charge is 2.21. The van der Waals surface area contributed by atoms with Crippen molar-refractivity contribution in [2.24, 2.45) is 0 Å². The minimum Gasteiger partial charge on any atom is -0.493 e. The number of carbonyl (C=O) groups is 1. The fourth-order valence-electron chi connectivity index (χ4n) is 3.29. The smallest absolute Gasteiger partial charge is 0.255 e. The van der Waals surface area contributed by atoms with E-state index in [-0.39, 0.29) is 18.1 Å². The summed E-state index contributed by atoms with van der Waals surface area (Å²) in [5, 5.41) is 7.44. The number of nitrogens with zero attached hydrogens (tertiary/aromatic N) is 2. The number of hydrogen-bond acceptors (Lipinski definition) is 4. The van der Waals surface area contributed by atoms with Crippen LogP contribution in [0.1, 0.15) is 34.2 Å². The lowest BCUT2D eigenvalue weighted by molar-refractivity contribution is 0.0949. The molecule has 0 atom stereocenters. The van der Waals surface area contributed by atoms with E-state index in [4.69, 9.17) is 21.1 Å². The zero-order valence-electron chi connectivity index (χ0n) is 17.6. The van der Waals surface area contributed by atoms with Crippen molar-refractivity contribution in [2.75, 3.05) is 13.7 Å². The lowest BCUT2D eigenvalue weighted by Gasteiger charge is -2.13. The summed E-state index contributed by atoms with van der Waals surface area (Å²) in [6.45, 7) is 5.75. The molecule has 0 bridgehead atoms. The van der Waals surface area contributed by atoms with Crippen LogP contribution in [0.5, 0.6) is 11.5 Å². The second-order valence-electron chi connectivity index (χ2n) is 6.78. The molecule has 2 aromatic carbocycles. The molecule has 0 radical (unpaired) electrons. The normalized spacial score (nSPS) is 10.8. The molecule has 31 heavy (non-hydrogen) atoms. The average molecular weight is 450 g/mol. The van der Waals surface area contributed by atoms with Gasteiger partial charge in [-0.05, 0) is 50.6 Å². The summed E-state index contributed by atoms with van der Waals surface area (Å²) in [6.07, 6.45) is 0. The van der Waals surface area contributed by atoms with Crippen LogP contribution in [-0.4, -0.2) is 29.4 Å². The minimum absolute atomic E-state index is 0.0593. The second-order valence-corrected chi connectivity index (χ2v) is 7.19. The lowest BCUT2D eigenvalue weighted by Crippen LogP contribution is -2.24. The molecule has 3 aromatic rings. The monoisotopic (exact) mass is 449 g/mol. The molecule has 0 saturated carbocycles. The van der Waals surface area contributed by atoms with E-state index in [2.05, 4.69) is 10.4 Å². The van der Waals surface area contributed by atoms with E-state index in [0.29, 0.717) is 45.6 Å². The first-order chi connectivity index (χ1) is 14.8. The fourth-order valence-corrected chi connectivity index (χ4v) is 3.58. The van der Waals surface area contributed by atoms with E-state index in [0.717, 1.165) is 12.1 Å². The summed E-state index contributed by atoms with van der Waals surface area (Å²) >= 11 is 6.28. The van der Waals surface area contributed by atoms with Gasteiger partial charge in [-0.3, -0.25) is 4.79 Å². The molecule has 9 heteroatoms. The van der Waals surface area contributed by atoms with Crippen LogP contribution in [0.2, 0.25) is 5.02 Å². The maximum atomic E-state index is 14.2. The van der Waals surface area contributed by atoms with Crippen LogP contribution in [0, 0.1) is 25.5 Å². The number of nitrogens with one attached hydrogen (secondary N) is 1. The zero-order chi connectivity index (χ0) is 22.7. The number of hydrogen-bond donors (Lipinski definition) is 1. The molecular weight excluding hydrogens is 428 g/mol. The Bertz CT molecular complexity index is 1130. The van der Waals surface area contributed by atoms with Gasteiger partial charge in [0, 0.05) is 12.6 Å². The molecule has 0 aliphatic carbocycles. The van der Waals surface area contributed by atoms with Gasteiger partial charge in [-0.2, -0.15) is 5.10 Å². The molecule has 1 heterocycles. The SMILES string of the molecule is CCOc1c(Cl)cc(CNC(=O)c2c(C)nn(-c3ccc(F)cc3F)c2C)cc1OC. The van der Waals surface area contributed by atoms with Gasteiger partial charge in [-0.1, -0.05) is 11.6 Å². The number of halogens is 3. The van der Waals surface area contributed by atoms with Crippen molar-refractivity contribution in [3.63, 3.8) is 0 Å². The number of methoxy groups -OCH3 is 1. The minimum atomic E-state index is -0.770. The highest BCUT2D eigenvalue weighted by Crippen LogP contribution is 2.36. The maximum absolute atomic E-state index is 14.2. The first-order valence-corrected chi connectivity index (χ1v) is 9.93. The lowest BCUT2D eigenvalue weighted by atomic mass is 10.1. The van der Waals surface area contributed by atoms with Gasteiger partial charge in [0.1, 0.15) is 11.5 Å². The second kappa shape index (κ2) is 9.34. The largest absolute Gasteiger partial charge is 0.493 e. The Morgan fingerprint density at radius 3 is 2.61 bits per heavy atom. The van der Waals surface area contributed by atoms with Crippen molar-refractivity contribution >= 4 is 17.5 Å². The zero-order valence-corrected chi connectivity index (χ0v) is 18.3. The summed E-state index contributed by atoms with van der Waals surface area (Å²) in [6, 6.07) is 6.60. The Balaban J connectivity index is 1.83. The van der Waals surface area contributed by atoms with E-state index in [9.17, 15) is 13.6 Å². The Morgan fingerprint density at radius 1 is 1.23 bits per heavy atom. The Morgan fingerprint density at radius 2 is 1.97 bits per heavy atom. The fraction of sp³-hybridized carbons (Fsp3) is 0.273. The first-order valence-electron chi connectivity index (χ1n) is 9.55. The van der Waals surface area contributed by atoms with E-state index in [1.54, 1.807) is 26.0 Å². The molecule has 0 unspecified atom stereocenters. The Kier molecular flexibility index (Phi) is 6.80. The summed E-state index contributed by atoms with van der Waals surface area (Å²) in [4.78, 5) is 12.8. The molecule has 0 aliphatic heterocycles. The van der Waals surface area contributed by atoms with E-state index in [1.165, 1.54) is 17.9 Å². The quantitative estimate of drug-likeness (QED) is 0.565. The maximum Gasteiger partial charge on any atom is 0.255 e. The molecule has 0 spiro atoms. The molecule has 1 amide bonds. The molecule has 0 fully saturated rings. The van der Waals surface area contributed by atoms with Crippen LogP contribution in [0.4, 0.5) is 8.78 Å². The van der Waals surface area contributed by atoms with E-state index < -0.39 is 11.6 Å². The molecule has 1 N–H and O–H groups in total. The predicted molar refractivity (Wildman–Crippen MR) is 113 cm³/mol. The Labute approximate surface area is 183 Å². The van der Waals surface area contributed by atoms with Gasteiger partial charge in [0.05, 0.1) is 35.7 Å². The van der Waals surface area contributed by atoms with E-state index in [1.807, 2.05) is 6.92 Å². The number of ether oxygens (including phenoxy) is 2. The molecule has 0 aliphatic rings. The Hall–Kier alpha value is -3.13. The highest BCUT2D eigenvalue weighted by molar-refractivity contribution is 6.32. The topological polar surface area (TPSA) is 65.4 Å². The third-order valence-electron chi connectivity index (χ3n) is 4.69. The van der Waals surface area contributed by atoms with Crippen molar-refractivity contribution < 1.29 is 23.0 Å². The summed E-state index contributed by atoms with van der Waals surface area (Å²) in [5.74, 6) is -0.937. The van der Waals surface area contributed by atoms with Gasteiger partial charge in [0.25, 0.3) is 5.91 Å². The number of aryl methyl sites for hydroxylation is 1. The van der Waals surface area contributed by atoms with Crippen molar-refractivity contribution in [1.29, 1.82) is 0 Å². The van der Waals surface area contributed by atoms with Crippen LogP contribution >= 0.6 is 11.6 Å². The summed E-state index contributed by atoms with van der Waals surface area (Å²) in [5.41, 5.74) is 1.94. The first kappa shape index (κ1) is 22.6. The molecule has 6 nitrogen and oxygen atoms in total. The number of aromatic nitrogens is 2. The van der Waals surface area contributed by atoms with Gasteiger partial charge in [-0.25, -0.2) is 13.5 Å². The van der Waals surface area contributed by atoms with Crippen LogP contribution in [0.15, 0.2) is 30.3 Å². The van der Waals surface area contributed by atoms with Gasteiger partial charge in [0.2, 0.25) is 0 Å². The van der Waals surface area contributed by atoms with Gasteiger partial charge in [-0.15, -0.1) is 0 Å². The van der Waals surface area contributed by atoms with Gasteiger partial charge in [0.15, 0.2) is 17.3 Å². The van der Waals surface area contributed by atoms with Crippen molar-refractivity contribution in [3.05, 3.63) is 69.5 Å². The third kappa shape index (κ3) is 4.64.